The highest BCUT2D eigenvalue weighted by Gasteiger charge is 2.34. The summed E-state index contributed by atoms with van der Waals surface area (Å²) in [5, 5.41) is 86.0. The van der Waals surface area contributed by atoms with E-state index in [1.807, 2.05) is 24.3 Å². The summed E-state index contributed by atoms with van der Waals surface area (Å²) in [6.45, 7) is 39.9. The first-order valence-corrected chi connectivity index (χ1v) is 25.8. The molecule has 6 heterocycles. The summed E-state index contributed by atoms with van der Waals surface area (Å²) in [5.41, 5.74) is -0.162. The predicted molar refractivity (Wildman–Crippen MR) is 304 cm³/mol. The fourth-order valence-electron chi connectivity index (χ4n) is 8.30. The highest BCUT2D eigenvalue weighted by atomic mass is 35.5. The van der Waals surface area contributed by atoms with E-state index < -0.39 is 23.8 Å². The summed E-state index contributed by atoms with van der Waals surface area (Å²) in [7, 11) is 0. The van der Waals surface area contributed by atoms with Gasteiger partial charge in [-0.2, -0.15) is 76.7 Å². The second kappa shape index (κ2) is 28.0. The minimum Gasteiger partial charge on any atom is -0.465 e. The van der Waals surface area contributed by atoms with E-state index in [0.29, 0.717) is 12.0 Å². The van der Waals surface area contributed by atoms with Crippen molar-refractivity contribution in [3.05, 3.63) is 228 Å². The van der Waals surface area contributed by atoms with E-state index in [9.17, 15) is 41.2 Å². The molecule has 6 aromatic rings. The van der Waals surface area contributed by atoms with E-state index in [4.69, 9.17) is 65.0 Å². The van der Waals surface area contributed by atoms with Gasteiger partial charge >= 0.3 is 29.6 Å². The van der Waals surface area contributed by atoms with Crippen LogP contribution in [0.25, 0.3) is 69.8 Å². The number of allylic oxidation sites excluding steroid dienone is 2. The summed E-state index contributed by atoms with van der Waals surface area (Å²) in [4.78, 5) is 98.0. The Labute approximate surface area is 525 Å². The van der Waals surface area contributed by atoms with Crippen LogP contribution in [0.2, 0.25) is 5.28 Å². The SMILES string of the molecule is CCOC(=O)CC#N.[C-]#[N+]C([N+]#[C-])=C1N=c2ccc(-c3nc(-c4ccc5c(c4C#N)=NC(=C(C#N)C#N)N=5)nc(C([N+]#[C-])C(=O)OCC)n3)c(C#N)c2=N1.[C-]#[N+]C([N+]#[C-])=C1N=c2ccc(-c3nc(Cl)nc(-c4ccc5c(c4C#N)=NC(=C(C#N)C#N)N=5)n3)c(C#N)c2=N1. The molecular weight excluding hydrogens is 1210 g/mol. The van der Waals surface area contributed by atoms with Crippen molar-refractivity contribution in [2.75, 3.05) is 13.2 Å². The first-order chi connectivity index (χ1) is 45.1. The maximum atomic E-state index is 12.7. The van der Waals surface area contributed by atoms with Crippen LogP contribution >= 0.6 is 11.6 Å². The highest BCUT2D eigenvalue weighted by Crippen LogP contribution is 2.29. The summed E-state index contributed by atoms with van der Waals surface area (Å²) in [6, 6.07) is 26.9. The van der Waals surface area contributed by atoms with Crippen LogP contribution in [0.5, 0.6) is 0 Å². The molecule has 2 aromatic heterocycles. The molecule has 93 heavy (non-hydrogen) atoms. The smallest absolute Gasteiger partial charge is 0.465 e. The number of hydrogen-bond donors (Lipinski definition) is 0. The molecule has 4 aromatic carbocycles. The van der Waals surface area contributed by atoms with Gasteiger partial charge in [-0.25, -0.2) is 71.2 Å². The Balaban J connectivity index is 0.000000216. The average Bonchev–Trinajstić information content (AvgIpc) is 1.77. The Kier molecular flexibility index (Phi) is 19.1. The molecule has 1 atom stereocenters. The molecule has 33 heteroatoms. The standard InChI is InChI=1S/C30H10N14O2.C25H4ClN13.C5H7NO2/c1-5-46-30(45)23(35-2)27-43-25(15-6-8-19-21(17(15)12-33)40-24(38-19)14(10-31)11-32)42-26(44-27)16-7-9-20-22(18(16)13-34)41-29(39-20)28(36-3)37-4;1-31-23(32-2)24-34-17-6-4-13(15(10-30)19(17)36-24)22-37-21(38-25(26)39-22)12-3-5-16-18(14(12)9-29)35-20(33-16)11(7-27)8-28;1-2-8-5(7)3-4-6/h6-9,23H,5H2,1H3;3-6H;2-3H2,1H3. The van der Waals surface area contributed by atoms with Crippen LogP contribution in [0.4, 0.5) is 0 Å². The van der Waals surface area contributed by atoms with Gasteiger partial charge in [-0.1, -0.05) is 0 Å². The van der Waals surface area contributed by atoms with Gasteiger partial charge in [-0.3, -0.25) is 9.64 Å². The molecule has 0 saturated carbocycles. The zero-order valence-electron chi connectivity index (χ0n) is 46.9. The molecule has 1 unspecified atom stereocenters. The van der Waals surface area contributed by atoms with Gasteiger partial charge in [0.2, 0.25) is 22.7 Å². The summed E-state index contributed by atoms with van der Waals surface area (Å²) < 4.78 is 9.46. The van der Waals surface area contributed by atoms with E-state index in [1.165, 1.54) is 48.5 Å². The molecule has 432 valence electrons. The van der Waals surface area contributed by atoms with Gasteiger partial charge in [0, 0.05) is 22.3 Å². The quantitative estimate of drug-likeness (QED) is 0.114. The van der Waals surface area contributed by atoms with Crippen LogP contribution < -0.4 is 42.9 Å². The van der Waals surface area contributed by atoms with Crippen LogP contribution in [0.1, 0.15) is 54.4 Å². The summed E-state index contributed by atoms with van der Waals surface area (Å²) in [5.74, 6) is -3.40. The van der Waals surface area contributed by atoms with Gasteiger partial charge in [-0.05, 0) is 74.0 Å². The van der Waals surface area contributed by atoms with Gasteiger partial charge in [0.1, 0.15) is 103 Å². The Bertz CT molecular complexity index is 5410. The number of rotatable bonds is 9. The number of esters is 2. The highest BCUT2D eigenvalue weighted by molar-refractivity contribution is 6.28. The number of hydrogen-bond acceptors (Lipinski definition) is 27. The fourth-order valence-corrected chi connectivity index (χ4v) is 8.46. The van der Waals surface area contributed by atoms with E-state index in [0.717, 1.165) is 0 Å². The molecule has 32 nitrogen and oxygen atoms in total. The Morgan fingerprint density at radius 2 is 0.785 bits per heavy atom. The third-order valence-corrected chi connectivity index (χ3v) is 12.4. The molecule has 0 fully saturated rings. The molecular formula is C60H21ClN28O4. The Morgan fingerprint density at radius 3 is 1.08 bits per heavy atom. The molecule has 0 spiro atoms. The lowest BCUT2D eigenvalue weighted by Crippen LogP contribution is -2.26. The van der Waals surface area contributed by atoms with Crippen molar-refractivity contribution in [2.24, 2.45) is 39.9 Å². The van der Waals surface area contributed by atoms with Crippen LogP contribution in [-0.4, -0.2) is 55.1 Å². The van der Waals surface area contributed by atoms with Gasteiger partial charge < -0.3 is 9.47 Å². The molecule has 0 bridgehead atoms. The number of nitrogens with zero attached hydrogens (tertiary/aromatic N) is 28. The number of halogens is 1. The second-order valence-corrected chi connectivity index (χ2v) is 17.7. The molecule has 0 aliphatic carbocycles. The zero-order chi connectivity index (χ0) is 67.0. The van der Waals surface area contributed by atoms with Crippen molar-refractivity contribution in [1.29, 1.82) is 47.4 Å². The maximum absolute atomic E-state index is 12.7. The van der Waals surface area contributed by atoms with Crippen LogP contribution in [0, 0.1) is 135 Å². The van der Waals surface area contributed by atoms with Crippen molar-refractivity contribution >= 4 is 23.5 Å². The van der Waals surface area contributed by atoms with Crippen molar-refractivity contribution in [3.63, 3.8) is 0 Å². The lowest BCUT2D eigenvalue weighted by Gasteiger charge is -2.10. The molecule has 4 aliphatic heterocycles. The van der Waals surface area contributed by atoms with Crippen molar-refractivity contribution < 1.29 is 19.1 Å². The Morgan fingerprint density at radius 1 is 0.462 bits per heavy atom. The molecule has 0 radical (unpaired) electrons. The number of ether oxygens (including phenoxy) is 2. The Hall–Kier alpha value is -15.7. The number of benzene rings is 4. The van der Waals surface area contributed by atoms with Gasteiger partial charge in [0.15, 0.2) is 46.1 Å². The zero-order valence-corrected chi connectivity index (χ0v) is 47.6. The summed E-state index contributed by atoms with van der Waals surface area (Å²) in [6.07, 6.45) is -0.145. The fraction of sp³-hybridized carbons (Fsp3) is 0.100. The number of fused-ring (bicyclic) bond motifs is 4. The minimum atomic E-state index is -1.64. The predicted octanol–water partition coefficient (Wildman–Crippen LogP) is 3.00. The average molecular weight is 1230 g/mol. The van der Waals surface area contributed by atoms with E-state index in [-0.39, 0.29) is 170 Å². The van der Waals surface area contributed by atoms with E-state index in [1.54, 1.807) is 44.2 Å². The number of carbonyl (C=O) groups is 2. The normalized spacial score (nSPS) is 11.6. The number of carbonyl (C=O) groups excluding carboxylic acids is 2. The first kappa shape index (κ1) is 63.4. The van der Waals surface area contributed by atoms with Gasteiger partial charge in [0.05, 0.1) is 63.0 Å². The van der Waals surface area contributed by atoms with Gasteiger partial charge in [0.25, 0.3) is 0 Å². The monoisotopic (exact) mass is 1230 g/mol. The molecule has 10 rings (SSSR count). The van der Waals surface area contributed by atoms with Crippen LogP contribution in [0.15, 0.2) is 135 Å². The van der Waals surface area contributed by atoms with Crippen LogP contribution in [0.3, 0.4) is 0 Å². The van der Waals surface area contributed by atoms with Crippen molar-refractivity contribution in [2.45, 2.75) is 26.3 Å². The molecule has 0 saturated heterocycles. The second-order valence-electron chi connectivity index (χ2n) is 17.4. The topological polar surface area (TPSA) is 465 Å². The molecule has 0 amide bonds. The summed E-state index contributed by atoms with van der Waals surface area (Å²) >= 11 is 6.21. The van der Waals surface area contributed by atoms with Gasteiger partial charge in [-0.15, -0.1) is 0 Å². The van der Waals surface area contributed by atoms with E-state index in [2.05, 4.69) is 98.8 Å². The number of aromatic nitrogens is 6. The molecule has 0 N–H and O–H groups in total. The third kappa shape index (κ3) is 12.6. The molecule has 4 aliphatic rings. The number of nitriles is 9. The van der Waals surface area contributed by atoms with Crippen LogP contribution in [-0.2, 0) is 19.1 Å². The first-order valence-electron chi connectivity index (χ1n) is 25.5. The minimum absolute atomic E-state index is 0.00425. The van der Waals surface area contributed by atoms with Crippen molar-refractivity contribution in [1.82, 2.24) is 29.9 Å². The van der Waals surface area contributed by atoms with E-state index >= 15 is 0 Å². The lowest BCUT2D eigenvalue weighted by molar-refractivity contribution is -0.144. The largest absolute Gasteiger partial charge is 0.564 e. The van der Waals surface area contributed by atoms with Crippen molar-refractivity contribution in [3.8, 4) is 100 Å². The maximum Gasteiger partial charge on any atom is 0.564 e. The lowest BCUT2D eigenvalue weighted by atomic mass is 10.0. The third-order valence-electron chi connectivity index (χ3n) is 12.2.